The number of ether oxygens (including phenoxy) is 1. The Morgan fingerprint density at radius 2 is 2.00 bits per heavy atom. The lowest BCUT2D eigenvalue weighted by atomic mass is 9.93. The van der Waals surface area contributed by atoms with E-state index in [4.69, 9.17) is 16.3 Å². The second kappa shape index (κ2) is 8.69. The molecular weight excluding hydrogens is 338 g/mol. The first kappa shape index (κ1) is 18.9. The third kappa shape index (κ3) is 5.56. The molecule has 0 amide bonds. The molecule has 1 atom stereocenters. The van der Waals surface area contributed by atoms with Crippen LogP contribution in [0, 0.1) is 6.92 Å². The van der Waals surface area contributed by atoms with E-state index in [-0.39, 0.29) is 0 Å². The highest BCUT2D eigenvalue weighted by molar-refractivity contribution is 6.30. The summed E-state index contributed by atoms with van der Waals surface area (Å²) in [6.07, 6.45) is 1.98. The zero-order valence-electron chi connectivity index (χ0n) is 15.1. The molecule has 0 saturated carbocycles. The first-order chi connectivity index (χ1) is 12.0. The zero-order valence-corrected chi connectivity index (χ0v) is 15.9. The summed E-state index contributed by atoms with van der Waals surface area (Å²) in [5, 5.41) is 14.7. The fourth-order valence-electron chi connectivity index (χ4n) is 3.73. The van der Waals surface area contributed by atoms with Crippen molar-refractivity contribution in [1.82, 2.24) is 15.1 Å². The summed E-state index contributed by atoms with van der Waals surface area (Å²) in [5.41, 5.74) is 0.530. The number of rotatable bonds is 6. The lowest BCUT2D eigenvalue weighted by Crippen LogP contribution is -2.56. The van der Waals surface area contributed by atoms with Gasteiger partial charge >= 0.3 is 0 Å². The summed E-state index contributed by atoms with van der Waals surface area (Å²) in [7, 11) is 0. The Morgan fingerprint density at radius 1 is 1.24 bits per heavy atom. The minimum atomic E-state index is -0.546. The average Bonchev–Trinajstić information content (AvgIpc) is 2.59. The number of aliphatic hydroxyl groups is 1. The predicted molar refractivity (Wildman–Crippen MR) is 102 cm³/mol. The Hall–Kier alpha value is -0.850. The molecule has 140 valence electrons. The van der Waals surface area contributed by atoms with E-state index >= 15 is 0 Å². The molecule has 5 nitrogen and oxygen atoms in total. The molecule has 2 aliphatic rings. The van der Waals surface area contributed by atoms with E-state index in [1.54, 1.807) is 0 Å². The van der Waals surface area contributed by atoms with Gasteiger partial charge in [0.1, 0.15) is 12.4 Å². The first-order valence-corrected chi connectivity index (χ1v) is 9.69. The van der Waals surface area contributed by atoms with Crippen LogP contribution in [0.2, 0.25) is 5.02 Å². The Balaban J connectivity index is 1.36. The van der Waals surface area contributed by atoms with Crippen molar-refractivity contribution in [3.05, 3.63) is 28.8 Å². The third-order valence-corrected chi connectivity index (χ3v) is 5.47. The van der Waals surface area contributed by atoms with Gasteiger partial charge in [-0.15, -0.1) is 0 Å². The van der Waals surface area contributed by atoms with Crippen molar-refractivity contribution in [2.24, 2.45) is 0 Å². The standard InChI is InChI=1S/C19H30ClN3O2/c1-16-13-17(20)3-4-18(16)25-12-11-22-7-9-23(10-8-22)15-19(24)5-2-6-21-14-19/h3-4,13,21,24H,2,5-12,14-15H2,1H3/t19-/m0/s1. The maximum absolute atomic E-state index is 10.7. The first-order valence-electron chi connectivity index (χ1n) is 9.31. The van der Waals surface area contributed by atoms with E-state index in [0.717, 1.165) is 81.5 Å². The number of piperazine rings is 1. The molecular formula is C19H30ClN3O2. The molecule has 0 aliphatic carbocycles. The van der Waals surface area contributed by atoms with Crippen LogP contribution >= 0.6 is 11.6 Å². The number of hydrogen-bond acceptors (Lipinski definition) is 5. The highest BCUT2D eigenvalue weighted by Crippen LogP contribution is 2.22. The van der Waals surface area contributed by atoms with Gasteiger partial charge < -0.3 is 15.2 Å². The molecule has 0 spiro atoms. The smallest absolute Gasteiger partial charge is 0.122 e. The van der Waals surface area contributed by atoms with Gasteiger partial charge in [0.05, 0.1) is 5.60 Å². The number of nitrogens with one attached hydrogen (secondary N) is 1. The van der Waals surface area contributed by atoms with E-state index in [1.165, 1.54) is 0 Å². The van der Waals surface area contributed by atoms with Crippen molar-refractivity contribution in [3.63, 3.8) is 0 Å². The van der Waals surface area contributed by atoms with E-state index < -0.39 is 5.60 Å². The quantitative estimate of drug-likeness (QED) is 0.802. The van der Waals surface area contributed by atoms with Crippen LogP contribution in [0.25, 0.3) is 0 Å². The minimum Gasteiger partial charge on any atom is -0.492 e. The number of piperidine rings is 1. The van der Waals surface area contributed by atoms with E-state index in [1.807, 2.05) is 25.1 Å². The summed E-state index contributed by atoms with van der Waals surface area (Å²) in [4.78, 5) is 4.83. The molecule has 2 fully saturated rings. The van der Waals surface area contributed by atoms with Gasteiger partial charge in [0.25, 0.3) is 0 Å². The highest BCUT2D eigenvalue weighted by atomic mass is 35.5. The summed E-state index contributed by atoms with van der Waals surface area (Å²) in [6.45, 7) is 10.3. The Labute approximate surface area is 155 Å². The number of halogens is 1. The van der Waals surface area contributed by atoms with Crippen molar-refractivity contribution >= 4 is 11.6 Å². The van der Waals surface area contributed by atoms with Crippen molar-refractivity contribution in [2.75, 3.05) is 59.0 Å². The van der Waals surface area contributed by atoms with Crippen molar-refractivity contribution in [1.29, 1.82) is 0 Å². The fourth-order valence-corrected chi connectivity index (χ4v) is 3.96. The number of hydrogen-bond donors (Lipinski definition) is 2. The molecule has 0 radical (unpaired) electrons. The second-order valence-electron chi connectivity index (χ2n) is 7.38. The zero-order chi connectivity index (χ0) is 17.7. The van der Waals surface area contributed by atoms with E-state index in [2.05, 4.69) is 15.1 Å². The third-order valence-electron chi connectivity index (χ3n) is 5.23. The Kier molecular flexibility index (Phi) is 6.58. The topological polar surface area (TPSA) is 48.0 Å². The molecule has 2 heterocycles. The van der Waals surface area contributed by atoms with Crippen LogP contribution in [-0.4, -0.2) is 79.5 Å². The maximum Gasteiger partial charge on any atom is 0.122 e. The van der Waals surface area contributed by atoms with Gasteiger partial charge in [0.2, 0.25) is 0 Å². The lowest BCUT2D eigenvalue weighted by molar-refractivity contribution is -0.0263. The van der Waals surface area contributed by atoms with Gasteiger partial charge in [-0.1, -0.05) is 11.6 Å². The van der Waals surface area contributed by atoms with Crippen LogP contribution in [0.5, 0.6) is 5.75 Å². The summed E-state index contributed by atoms with van der Waals surface area (Å²) >= 11 is 5.98. The number of β-amino-alcohol motifs (C(OH)–C–C–N with tert-alkyl or cyclic N) is 1. The van der Waals surface area contributed by atoms with Crippen LogP contribution in [0.1, 0.15) is 18.4 Å². The number of aryl methyl sites for hydroxylation is 1. The van der Waals surface area contributed by atoms with Gasteiger partial charge in [0, 0.05) is 50.8 Å². The summed E-state index contributed by atoms with van der Waals surface area (Å²) < 4.78 is 5.90. The highest BCUT2D eigenvalue weighted by Gasteiger charge is 2.32. The molecule has 1 aromatic rings. The molecule has 3 rings (SSSR count). The maximum atomic E-state index is 10.7. The molecule has 25 heavy (non-hydrogen) atoms. The number of benzene rings is 1. The van der Waals surface area contributed by atoms with Gasteiger partial charge in [-0.25, -0.2) is 0 Å². The molecule has 6 heteroatoms. The van der Waals surface area contributed by atoms with E-state index in [9.17, 15) is 5.11 Å². The van der Waals surface area contributed by atoms with Gasteiger partial charge in [-0.2, -0.15) is 0 Å². The van der Waals surface area contributed by atoms with Crippen LogP contribution < -0.4 is 10.1 Å². The van der Waals surface area contributed by atoms with Crippen molar-refractivity contribution in [2.45, 2.75) is 25.4 Å². The van der Waals surface area contributed by atoms with E-state index in [0.29, 0.717) is 6.61 Å². The summed E-state index contributed by atoms with van der Waals surface area (Å²) in [5.74, 6) is 0.912. The van der Waals surface area contributed by atoms with Gasteiger partial charge in [-0.05, 0) is 50.1 Å². The average molecular weight is 368 g/mol. The molecule has 1 aromatic carbocycles. The second-order valence-corrected chi connectivity index (χ2v) is 7.82. The van der Waals surface area contributed by atoms with Crippen LogP contribution in [-0.2, 0) is 0 Å². The monoisotopic (exact) mass is 367 g/mol. The van der Waals surface area contributed by atoms with Gasteiger partial charge in [-0.3, -0.25) is 9.80 Å². The normalized spacial score (nSPS) is 25.9. The minimum absolute atomic E-state index is 0.546. The molecule has 2 aliphatic heterocycles. The number of nitrogens with zero attached hydrogens (tertiary/aromatic N) is 2. The van der Waals surface area contributed by atoms with Crippen molar-refractivity contribution < 1.29 is 9.84 Å². The molecule has 0 aromatic heterocycles. The Morgan fingerprint density at radius 3 is 2.68 bits per heavy atom. The molecule has 2 saturated heterocycles. The van der Waals surface area contributed by atoms with Crippen LogP contribution in [0.3, 0.4) is 0 Å². The SMILES string of the molecule is Cc1cc(Cl)ccc1OCCN1CCN(C[C@]2(O)CCCNC2)CC1. The van der Waals surface area contributed by atoms with Crippen molar-refractivity contribution in [3.8, 4) is 5.75 Å². The molecule has 2 N–H and O–H groups in total. The van der Waals surface area contributed by atoms with Gasteiger partial charge in [0.15, 0.2) is 0 Å². The fraction of sp³-hybridized carbons (Fsp3) is 0.684. The molecule has 0 unspecified atom stereocenters. The lowest BCUT2D eigenvalue weighted by Gasteiger charge is -2.41. The van der Waals surface area contributed by atoms with Crippen LogP contribution in [0.4, 0.5) is 0 Å². The Bertz CT molecular complexity index is 556. The molecule has 0 bridgehead atoms. The van der Waals surface area contributed by atoms with Crippen LogP contribution in [0.15, 0.2) is 18.2 Å². The predicted octanol–water partition coefficient (Wildman–Crippen LogP) is 1.76. The summed E-state index contributed by atoms with van der Waals surface area (Å²) in [6, 6.07) is 5.74. The largest absolute Gasteiger partial charge is 0.492 e.